The van der Waals surface area contributed by atoms with Gasteiger partial charge in [0, 0.05) is 6.54 Å². The first-order valence-corrected chi connectivity index (χ1v) is 7.50. The van der Waals surface area contributed by atoms with E-state index < -0.39 is 16.0 Å². The molecule has 2 N–H and O–H groups in total. The molecule has 0 amide bonds. The van der Waals surface area contributed by atoms with Crippen molar-refractivity contribution < 1.29 is 17.9 Å². The molecule has 0 fully saturated rings. The number of esters is 1. The molecule has 102 valence electrons. The fraction of sp³-hybridized carbons (Fsp3) is 0.900. The standard InChI is InChI=1S/C10H22N2O4S/c1-3-11-7-5-8-12-17(14,15)9-6-10(13)16-4-2/h11-12H,3-9H2,1-2H3. The van der Waals surface area contributed by atoms with Crippen molar-refractivity contribution >= 4 is 16.0 Å². The zero-order valence-electron chi connectivity index (χ0n) is 10.5. The van der Waals surface area contributed by atoms with Crippen molar-refractivity contribution in [1.29, 1.82) is 0 Å². The predicted octanol–water partition coefficient (Wildman–Crippen LogP) is -0.141. The van der Waals surface area contributed by atoms with Crippen LogP contribution in [0.15, 0.2) is 0 Å². The van der Waals surface area contributed by atoms with Gasteiger partial charge in [-0.3, -0.25) is 4.79 Å². The summed E-state index contributed by atoms with van der Waals surface area (Å²) in [6.07, 6.45) is 0.628. The van der Waals surface area contributed by atoms with E-state index in [1.807, 2.05) is 6.92 Å². The predicted molar refractivity (Wildman–Crippen MR) is 66.2 cm³/mol. The summed E-state index contributed by atoms with van der Waals surface area (Å²) < 4.78 is 30.0. The van der Waals surface area contributed by atoms with Gasteiger partial charge in [0.1, 0.15) is 0 Å². The monoisotopic (exact) mass is 266 g/mol. The van der Waals surface area contributed by atoms with Crippen LogP contribution in [0.25, 0.3) is 0 Å². The Bertz CT molecular complexity index is 303. The van der Waals surface area contributed by atoms with Crippen LogP contribution >= 0.6 is 0 Å². The molecular weight excluding hydrogens is 244 g/mol. The summed E-state index contributed by atoms with van der Waals surface area (Å²) in [5, 5.41) is 3.09. The molecule has 0 aliphatic carbocycles. The van der Waals surface area contributed by atoms with Crippen LogP contribution in [0.4, 0.5) is 0 Å². The van der Waals surface area contributed by atoms with Gasteiger partial charge in [-0.25, -0.2) is 13.1 Å². The SMILES string of the molecule is CCNCCCNS(=O)(=O)CCC(=O)OCC. The molecule has 0 aliphatic rings. The molecule has 0 aromatic carbocycles. The van der Waals surface area contributed by atoms with Crippen molar-refractivity contribution in [3.63, 3.8) is 0 Å². The van der Waals surface area contributed by atoms with Crippen LogP contribution in [0.1, 0.15) is 26.7 Å². The molecular formula is C10H22N2O4S. The largest absolute Gasteiger partial charge is 0.466 e. The van der Waals surface area contributed by atoms with E-state index in [0.29, 0.717) is 6.54 Å². The zero-order chi connectivity index (χ0) is 13.1. The first kappa shape index (κ1) is 16.3. The smallest absolute Gasteiger partial charge is 0.306 e. The molecule has 0 atom stereocenters. The first-order valence-electron chi connectivity index (χ1n) is 5.85. The molecule has 0 aliphatic heterocycles. The second-order valence-corrected chi connectivity index (χ2v) is 5.40. The lowest BCUT2D eigenvalue weighted by atomic mass is 10.4. The summed E-state index contributed by atoms with van der Waals surface area (Å²) in [6, 6.07) is 0. The van der Waals surface area contributed by atoms with Gasteiger partial charge in [-0.05, 0) is 26.4 Å². The van der Waals surface area contributed by atoms with Crippen molar-refractivity contribution in [3.8, 4) is 0 Å². The summed E-state index contributed by atoms with van der Waals surface area (Å²) in [5.74, 6) is -0.696. The maximum absolute atomic E-state index is 11.4. The molecule has 0 spiro atoms. The quantitative estimate of drug-likeness (QED) is 0.424. The number of hydrogen-bond donors (Lipinski definition) is 2. The molecule has 0 aromatic heterocycles. The highest BCUT2D eigenvalue weighted by Crippen LogP contribution is 1.93. The number of carbonyl (C=O) groups excluding carboxylic acids is 1. The second kappa shape index (κ2) is 9.38. The summed E-state index contributed by atoms with van der Waals surface area (Å²) in [5.41, 5.74) is 0. The van der Waals surface area contributed by atoms with Crippen LogP contribution in [0.3, 0.4) is 0 Å². The Morgan fingerprint density at radius 2 is 1.94 bits per heavy atom. The van der Waals surface area contributed by atoms with Gasteiger partial charge in [0.2, 0.25) is 10.0 Å². The highest BCUT2D eigenvalue weighted by Gasteiger charge is 2.12. The molecule has 0 radical (unpaired) electrons. The lowest BCUT2D eigenvalue weighted by Gasteiger charge is -2.06. The molecule has 0 saturated carbocycles. The molecule has 0 rings (SSSR count). The minimum absolute atomic E-state index is 0.101. The molecule has 0 aromatic rings. The summed E-state index contributed by atoms with van der Waals surface area (Å²) >= 11 is 0. The number of hydrogen-bond acceptors (Lipinski definition) is 5. The van der Waals surface area contributed by atoms with Crippen molar-refractivity contribution in [2.24, 2.45) is 0 Å². The Morgan fingerprint density at radius 3 is 2.53 bits per heavy atom. The van der Waals surface area contributed by atoms with Crippen LogP contribution in [0.5, 0.6) is 0 Å². The van der Waals surface area contributed by atoms with Gasteiger partial charge in [0.25, 0.3) is 0 Å². The maximum atomic E-state index is 11.4. The van der Waals surface area contributed by atoms with Crippen LogP contribution < -0.4 is 10.0 Å². The van der Waals surface area contributed by atoms with E-state index >= 15 is 0 Å². The van der Waals surface area contributed by atoms with Crippen molar-refractivity contribution in [3.05, 3.63) is 0 Å². The molecule has 0 bridgehead atoms. The van der Waals surface area contributed by atoms with Crippen LogP contribution in [0.2, 0.25) is 0 Å². The second-order valence-electron chi connectivity index (χ2n) is 3.48. The molecule has 6 nitrogen and oxygen atoms in total. The Morgan fingerprint density at radius 1 is 1.24 bits per heavy atom. The zero-order valence-corrected chi connectivity index (χ0v) is 11.3. The maximum Gasteiger partial charge on any atom is 0.306 e. The van der Waals surface area contributed by atoms with Gasteiger partial charge in [-0.1, -0.05) is 6.92 Å². The number of rotatable bonds is 10. The van der Waals surface area contributed by atoms with E-state index in [1.54, 1.807) is 6.92 Å². The molecule has 17 heavy (non-hydrogen) atoms. The summed E-state index contributed by atoms with van der Waals surface area (Å²) in [6.45, 7) is 5.98. The van der Waals surface area contributed by atoms with E-state index in [0.717, 1.165) is 19.5 Å². The molecule has 0 heterocycles. The Kier molecular flexibility index (Phi) is 9.01. The number of sulfonamides is 1. The number of ether oxygens (including phenoxy) is 1. The Hall–Kier alpha value is -0.660. The third kappa shape index (κ3) is 10.2. The minimum atomic E-state index is -3.36. The van der Waals surface area contributed by atoms with Crippen molar-refractivity contribution in [2.45, 2.75) is 26.7 Å². The van der Waals surface area contributed by atoms with E-state index in [9.17, 15) is 13.2 Å². The third-order valence-electron chi connectivity index (χ3n) is 1.98. The molecule has 7 heteroatoms. The fourth-order valence-corrected chi connectivity index (χ4v) is 2.18. The Balaban J connectivity index is 3.69. The lowest BCUT2D eigenvalue weighted by Crippen LogP contribution is -2.30. The van der Waals surface area contributed by atoms with E-state index in [-0.39, 0.29) is 18.8 Å². The van der Waals surface area contributed by atoms with Gasteiger partial charge in [0.05, 0.1) is 18.8 Å². The topological polar surface area (TPSA) is 84.5 Å². The van der Waals surface area contributed by atoms with Crippen LogP contribution in [0, 0.1) is 0 Å². The highest BCUT2D eigenvalue weighted by molar-refractivity contribution is 7.89. The van der Waals surface area contributed by atoms with Gasteiger partial charge in [-0.2, -0.15) is 0 Å². The van der Waals surface area contributed by atoms with Crippen LogP contribution in [-0.2, 0) is 19.6 Å². The van der Waals surface area contributed by atoms with Gasteiger partial charge in [0.15, 0.2) is 0 Å². The highest BCUT2D eigenvalue weighted by atomic mass is 32.2. The lowest BCUT2D eigenvalue weighted by molar-refractivity contribution is -0.142. The average Bonchev–Trinajstić information content (AvgIpc) is 2.27. The third-order valence-corrected chi connectivity index (χ3v) is 3.37. The van der Waals surface area contributed by atoms with Gasteiger partial charge in [-0.15, -0.1) is 0 Å². The van der Waals surface area contributed by atoms with Crippen molar-refractivity contribution in [1.82, 2.24) is 10.0 Å². The first-order chi connectivity index (χ1) is 8.02. The van der Waals surface area contributed by atoms with E-state index in [4.69, 9.17) is 0 Å². The van der Waals surface area contributed by atoms with Gasteiger partial charge < -0.3 is 10.1 Å². The number of carbonyl (C=O) groups is 1. The number of nitrogens with one attached hydrogen (secondary N) is 2. The Labute approximate surface area is 103 Å². The molecule has 0 saturated heterocycles. The average molecular weight is 266 g/mol. The van der Waals surface area contributed by atoms with Crippen molar-refractivity contribution in [2.75, 3.05) is 32.0 Å². The molecule has 0 unspecified atom stereocenters. The normalized spacial score (nSPS) is 11.4. The fourth-order valence-electron chi connectivity index (χ4n) is 1.14. The van der Waals surface area contributed by atoms with E-state index in [1.165, 1.54) is 0 Å². The van der Waals surface area contributed by atoms with Crippen LogP contribution in [-0.4, -0.2) is 46.4 Å². The van der Waals surface area contributed by atoms with E-state index in [2.05, 4.69) is 14.8 Å². The minimum Gasteiger partial charge on any atom is -0.466 e. The summed E-state index contributed by atoms with van der Waals surface area (Å²) in [7, 11) is -3.36. The van der Waals surface area contributed by atoms with Gasteiger partial charge >= 0.3 is 5.97 Å². The summed E-state index contributed by atoms with van der Waals surface area (Å²) in [4.78, 5) is 11.0.